The lowest BCUT2D eigenvalue weighted by Gasteiger charge is -2.14. The smallest absolute Gasteiger partial charge is 0.251 e. The summed E-state index contributed by atoms with van der Waals surface area (Å²) in [6.45, 7) is 4.48. The highest BCUT2D eigenvalue weighted by Crippen LogP contribution is 2.25. The van der Waals surface area contributed by atoms with Crippen molar-refractivity contribution < 1.29 is 4.79 Å². The van der Waals surface area contributed by atoms with Gasteiger partial charge in [0, 0.05) is 31.0 Å². The summed E-state index contributed by atoms with van der Waals surface area (Å²) in [5, 5.41) is 10.0. The lowest BCUT2D eigenvalue weighted by atomic mass is 10.1. The first-order valence-electron chi connectivity index (χ1n) is 8.17. The molecule has 1 aliphatic heterocycles. The molecular formula is C17H26N4OS. The lowest BCUT2D eigenvalue weighted by Crippen LogP contribution is -2.40. The standard InChI is InChI=1S/C17H26N4OS/c1-3-19-17(21-12-15-5-4-10-23-15)20-11-13-6-8-14(9-7-13)16(22)18-2/h6-9,15H,3-5,10-12H2,1-2H3,(H,18,22)(H2,19,20,21). The Morgan fingerprint density at radius 3 is 2.70 bits per heavy atom. The van der Waals surface area contributed by atoms with E-state index in [1.54, 1.807) is 7.05 Å². The van der Waals surface area contributed by atoms with E-state index in [1.807, 2.05) is 36.0 Å². The number of guanidine groups is 1. The molecule has 1 heterocycles. The molecule has 1 unspecified atom stereocenters. The van der Waals surface area contributed by atoms with Gasteiger partial charge in [0.05, 0.1) is 6.54 Å². The van der Waals surface area contributed by atoms with Gasteiger partial charge in [-0.05, 0) is 43.2 Å². The molecule has 3 N–H and O–H groups in total. The van der Waals surface area contributed by atoms with Crippen molar-refractivity contribution >= 4 is 23.6 Å². The Morgan fingerprint density at radius 2 is 2.09 bits per heavy atom. The van der Waals surface area contributed by atoms with Gasteiger partial charge >= 0.3 is 0 Å². The Kier molecular flexibility index (Phi) is 7.26. The number of thioether (sulfide) groups is 1. The fraction of sp³-hybridized carbons (Fsp3) is 0.529. The average Bonchev–Trinajstić information content (AvgIpc) is 3.10. The number of amides is 1. The van der Waals surface area contributed by atoms with Crippen molar-refractivity contribution in [2.45, 2.75) is 31.6 Å². The zero-order chi connectivity index (χ0) is 16.5. The van der Waals surface area contributed by atoms with E-state index in [-0.39, 0.29) is 5.91 Å². The summed E-state index contributed by atoms with van der Waals surface area (Å²) < 4.78 is 0. The molecule has 1 aliphatic rings. The third-order valence-corrected chi connectivity index (χ3v) is 5.13. The molecule has 6 heteroatoms. The van der Waals surface area contributed by atoms with Gasteiger partial charge in [-0.25, -0.2) is 4.99 Å². The third-order valence-electron chi connectivity index (χ3n) is 3.73. The number of aliphatic imine (C=N–C) groups is 1. The molecule has 0 aliphatic carbocycles. The topological polar surface area (TPSA) is 65.5 Å². The van der Waals surface area contributed by atoms with Crippen LogP contribution < -0.4 is 16.0 Å². The highest BCUT2D eigenvalue weighted by atomic mass is 32.2. The van der Waals surface area contributed by atoms with E-state index in [9.17, 15) is 4.79 Å². The molecule has 0 radical (unpaired) electrons. The second-order valence-corrected chi connectivity index (χ2v) is 6.90. The Labute approximate surface area is 142 Å². The van der Waals surface area contributed by atoms with Gasteiger partial charge in [-0.3, -0.25) is 4.79 Å². The predicted molar refractivity (Wildman–Crippen MR) is 98.1 cm³/mol. The first-order valence-corrected chi connectivity index (χ1v) is 9.22. The Bertz CT molecular complexity index is 524. The maximum absolute atomic E-state index is 11.5. The van der Waals surface area contributed by atoms with Gasteiger partial charge in [-0.2, -0.15) is 11.8 Å². The quantitative estimate of drug-likeness (QED) is 0.550. The zero-order valence-corrected chi connectivity index (χ0v) is 14.7. The average molecular weight is 334 g/mol. The van der Waals surface area contributed by atoms with Crippen LogP contribution in [-0.2, 0) is 6.54 Å². The van der Waals surface area contributed by atoms with E-state index in [0.717, 1.165) is 24.6 Å². The minimum Gasteiger partial charge on any atom is -0.357 e. The van der Waals surface area contributed by atoms with Gasteiger partial charge in [0.15, 0.2) is 5.96 Å². The van der Waals surface area contributed by atoms with E-state index in [4.69, 9.17) is 0 Å². The van der Waals surface area contributed by atoms with Crippen LogP contribution in [0.4, 0.5) is 0 Å². The summed E-state index contributed by atoms with van der Waals surface area (Å²) in [6, 6.07) is 7.56. The molecule has 2 rings (SSSR count). The van der Waals surface area contributed by atoms with Gasteiger partial charge in [0.2, 0.25) is 0 Å². The second-order valence-electron chi connectivity index (χ2n) is 5.49. The maximum atomic E-state index is 11.5. The molecule has 126 valence electrons. The highest BCUT2D eigenvalue weighted by molar-refractivity contribution is 8.00. The highest BCUT2D eigenvalue weighted by Gasteiger charge is 2.15. The van der Waals surface area contributed by atoms with Gasteiger partial charge in [0.25, 0.3) is 5.91 Å². The number of hydrogen-bond acceptors (Lipinski definition) is 3. The van der Waals surface area contributed by atoms with Crippen molar-refractivity contribution in [3.63, 3.8) is 0 Å². The Balaban J connectivity index is 1.89. The van der Waals surface area contributed by atoms with E-state index in [2.05, 4.69) is 27.9 Å². The van der Waals surface area contributed by atoms with Crippen molar-refractivity contribution in [3.05, 3.63) is 35.4 Å². The number of nitrogens with one attached hydrogen (secondary N) is 3. The number of nitrogens with zero attached hydrogens (tertiary/aromatic N) is 1. The molecule has 1 amide bonds. The summed E-state index contributed by atoms with van der Waals surface area (Å²) in [7, 11) is 1.64. The molecule has 1 fully saturated rings. The van der Waals surface area contributed by atoms with E-state index >= 15 is 0 Å². The van der Waals surface area contributed by atoms with Crippen LogP contribution in [-0.4, -0.2) is 43.0 Å². The molecule has 0 spiro atoms. The van der Waals surface area contributed by atoms with Crippen molar-refractivity contribution in [3.8, 4) is 0 Å². The summed E-state index contributed by atoms with van der Waals surface area (Å²) >= 11 is 2.04. The van der Waals surface area contributed by atoms with Crippen LogP contribution in [0.3, 0.4) is 0 Å². The molecule has 0 saturated carbocycles. The molecule has 23 heavy (non-hydrogen) atoms. The molecule has 0 aromatic heterocycles. The van der Waals surface area contributed by atoms with E-state index in [0.29, 0.717) is 17.4 Å². The molecule has 0 bridgehead atoms. The van der Waals surface area contributed by atoms with Crippen molar-refractivity contribution in [2.24, 2.45) is 4.99 Å². The first-order chi connectivity index (χ1) is 11.2. The molecule has 1 aromatic carbocycles. The van der Waals surface area contributed by atoms with Crippen LogP contribution >= 0.6 is 11.8 Å². The zero-order valence-electron chi connectivity index (χ0n) is 13.9. The number of benzene rings is 1. The fourth-order valence-electron chi connectivity index (χ4n) is 2.43. The monoisotopic (exact) mass is 334 g/mol. The number of hydrogen-bond donors (Lipinski definition) is 3. The van der Waals surface area contributed by atoms with Crippen LogP contribution in [0.25, 0.3) is 0 Å². The van der Waals surface area contributed by atoms with Gasteiger partial charge in [-0.1, -0.05) is 12.1 Å². The normalized spacial score (nSPS) is 17.8. The SMILES string of the molecule is CCNC(=NCc1ccc(C(=O)NC)cc1)NCC1CCCS1. The number of carbonyl (C=O) groups is 1. The molecule has 1 atom stereocenters. The second kappa shape index (κ2) is 9.45. The molecule has 5 nitrogen and oxygen atoms in total. The van der Waals surface area contributed by atoms with E-state index in [1.165, 1.54) is 18.6 Å². The number of carbonyl (C=O) groups excluding carboxylic acids is 1. The van der Waals surface area contributed by atoms with Gasteiger partial charge < -0.3 is 16.0 Å². The Hall–Kier alpha value is -1.69. The van der Waals surface area contributed by atoms with Crippen LogP contribution in [0.5, 0.6) is 0 Å². The Morgan fingerprint density at radius 1 is 1.30 bits per heavy atom. The minimum atomic E-state index is -0.0656. The van der Waals surface area contributed by atoms with Crippen molar-refractivity contribution in [1.82, 2.24) is 16.0 Å². The predicted octanol–water partition coefficient (Wildman–Crippen LogP) is 2.00. The van der Waals surface area contributed by atoms with Crippen LogP contribution in [0.2, 0.25) is 0 Å². The molecule has 1 aromatic rings. The van der Waals surface area contributed by atoms with Crippen LogP contribution in [0, 0.1) is 0 Å². The van der Waals surface area contributed by atoms with Crippen molar-refractivity contribution in [2.75, 3.05) is 25.9 Å². The van der Waals surface area contributed by atoms with Gasteiger partial charge in [0.1, 0.15) is 0 Å². The maximum Gasteiger partial charge on any atom is 0.251 e. The summed E-state index contributed by atoms with van der Waals surface area (Å²) in [5.41, 5.74) is 1.76. The lowest BCUT2D eigenvalue weighted by molar-refractivity contribution is 0.0963. The minimum absolute atomic E-state index is 0.0656. The largest absolute Gasteiger partial charge is 0.357 e. The third kappa shape index (κ3) is 5.78. The van der Waals surface area contributed by atoms with Crippen LogP contribution in [0.1, 0.15) is 35.7 Å². The fourth-order valence-corrected chi connectivity index (χ4v) is 3.63. The van der Waals surface area contributed by atoms with Gasteiger partial charge in [-0.15, -0.1) is 0 Å². The molecule has 1 saturated heterocycles. The van der Waals surface area contributed by atoms with Crippen molar-refractivity contribution in [1.29, 1.82) is 0 Å². The first kappa shape index (κ1) is 17.7. The summed E-state index contributed by atoms with van der Waals surface area (Å²) in [5.74, 6) is 2.07. The van der Waals surface area contributed by atoms with Crippen LogP contribution in [0.15, 0.2) is 29.3 Å². The van der Waals surface area contributed by atoms with E-state index < -0.39 is 0 Å². The summed E-state index contributed by atoms with van der Waals surface area (Å²) in [6.07, 6.45) is 2.61. The molecular weight excluding hydrogens is 308 g/mol. The number of rotatable bonds is 6. The summed E-state index contributed by atoms with van der Waals surface area (Å²) in [4.78, 5) is 16.2.